The average molecular weight is 400 g/mol. The monoisotopic (exact) mass is 400 g/mol. The van der Waals surface area contributed by atoms with Gasteiger partial charge in [-0.2, -0.15) is 5.10 Å². The Morgan fingerprint density at radius 1 is 0.967 bits per heavy atom. The lowest BCUT2D eigenvalue weighted by molar-refractivity contribution is 0.415. The second-order valence-electron chi connectivity index (χ2n) is 7.11. The molecule has 2 heterocycles. The van der Waals surface area contributed by atoms with Gasteiger partial charge in [0.05, 0.1) is 12.5 Å². The van der Waals surface area contributed by atoms with Crippen molar-refractivity contribution in [3.8, 4) is 17.1 Å². The average Bonchev–Trinajstić information content (AvgIpc) is 2.76. The molecule has 0 aliphatic rings. The zero-order chi connectivity index (χ0) is 21.1. The van der Waals surface area contributed by atoms with Gasteiger partial charge in [-0.1, -0.05) is 13.0 Å². The Labute approximate surface area is 175 Å². The van der Waals surface area contributed by atoms with Crippen molar-refractivity contribution in [2.24, 2.45) is 5.10 Å². The van der Waals surface area contributed by atoms with Gasteiger partial charge >= 0.3 is 0 Å². The molecular formula is C24H24N4O2. The zero-order valence-electron chi connectivity index (χ0n) is 17.6. The molecule has 0 atom stereocenters. The fourth-order valence-electron chi connectivity index (χ4n) is 3.31. The van der Waals surface area contributed by atoms with Gasteiger partial charge in [-0.15, -0.1) is 0 Å². The van der Waals surface area contributed by atoms with Crippen molar-refractivity contribution < 1.29 is 9.15 Å². The first kappa shape index (κ1) is 19.6. The molecule has 1 N–H and O–H groups in total. The van der Waals surface area contributed by atoms with Crippen LogP contribution < -0.4 is 15.5 Å². The smallest absolute Gasteiger partial charge is 0.243 e. The minimum absolute atomic E-state index is 0.471. The third-order valence-electron chi connectivity index (χ3n) is 4.85. The molecule has 152 valence electrons. The van der Waals surface area contributed by atoms with Gasteiger partial charge in [-0.05, 0) is 68.3 Å². The first-order valence-corrected chi connectivity index (χ1v) is 9.89. The molecule has 2 aromatic carbocycles. The lowest BCUT2D eigenvalue weighted by atomic mass is 10.1. The van der Waals surface area contributed by atoms with E-state index in [1.54, 1.807) is 7.11 Å². The lowest BCUT2D eigenvalue weighted by Crippen LogP contribution is -2.09. The molecule has 0 aliphatic heterocycles. The molecule has 0 saturated carbocycles. The van der Waals surface area contributed by atoms with E-state index in [1.165, 1.54) is 5.56 Å². The maximum absolute atomic E-state index is 6.19. The van der Waals surface area contributed by atoms with Crippen molar-refractivity contribution in [3.05, 3.63) is 76.9 Å². The molecule has 2 aromatic heterocycles. The molecule has 0 bridgehead atoms. The summed E-state index contributed by atoms with van der Waals surface area (Å²) >= 11 is 0. The van der Waals surface area contributed by atoms with Crippen LogP contribution in [0.2, 0.25) is 0 Å². The van der Waals surface area contributed by atoms with E-state index in [2.05, 4.69) is 39.6 Å². The Kier molecular flexibility index (Phi) is 5.48. The molecule has 0 unspecified atom stereocenters. The van der Waals surface area contributed by atoms with Gasteiger partial charge in [-0.25, -0.2) is 15.4 Å². The Morgan fingerprint density at radius 2 is 1.70 bits per heavy atom. The van der Waals surface area contributed by atoms with Crippen LogP contribution in [0.25, 0.3) is 22.3 Å². The summed E-state index contributed by atoms with van der Waals surface area (Å²) in [6.45, 7) is 6.00. The van der Waals surface area contributed by atoms with Gasteiger partial charge in [0.25, 0.3) is 0 Å². The van der Waals surface area contributed by atoms with Gasteiger partial charge in [-0.3, -0.25) is 0 Å². The van der Waals surface area contributed by atoms with E-state index in [0.717, 1.165) is 51.2 Å². The van der Waals surface area contributed by atoms with Crippen LogP contribution in [-0.4, -0.2) is 17.1 Å². The Bertz CT molecular complexity index is 1240. The van der Waals surface area contributed by atoms with E-state index >= 15 is 0 Å². The van der Waals surface area contributed by atoms with Crippen LogP contribution in [0, 0.1) is 13.8 Å². The van der Waals surface area contributed by atoms with Crippen molar-refractivity contribution >= 4 is 16.9 Å². The van der Waals surface area contributed by atoms with Crippen LogP contribution in [0.4, 0.5) is 5.95 Å². The van der Waals surface area contributed by atoms with Crippen molar-refractivity contribution in [3.63, 3.8) is 0 Å². The first-order chi connectivity index (χ1) is 14.6. The number of benzene rings is 2. The van der Waals surface area contributed by atoms with Crippen molar-refractivity contribution in [1.82, 2.24) is 9.97 Å². The lowest BCUT2D eigenvalue weighted by Gasteiger charge is -2.08. The van der Waals surface area contributed by atoms with E-state index in [0.29, 0.717) is 5.95 Å². The molecule has 30 heavy (non-hydrogen) atoms. The van der Waals surface area contributed by atoms with Crippen molar-refractivity contribution in [2.45, 2.75) is 27.2 Å². The largest absolute Gasteiger partial charge is 0.497 e. The minimum Gasteiger partial charge on any atom is -0.497 e. The highest BCUT2D eigenvalue weighted by atomic mass is 16.5. The van der Waals surface area contributed by atoms with E-state index in [9.17, 15) is 0 Å². The summed E-state index contributed by atoms with van der Waals surface area (Å²) < 4.78 is 11.5. The fourth-order valence-corrected chi connectivity index (χ4v) is 3.31. The summed E-state index contributed by atoms with van der Waals surface area (Å²) in [6, 6.07) is 17.8. The molecule has 0 saturated heterocycles. The molecule has 0 amide bonds. The van der Waals surface area contributed by atoms with E-state index < -0.39 is 0 Å². The molecule has 6 nitrogen and oxygen atoms in total. The van der Waals surface area contributed by atoms with Crippen LogP contribution in [0.3, 0.4) is 0 Å². The predicted molar refractivity (Wildman–Crippen MR) is 118 cm³/mol. The minimum atomic E-state index is 0.471. The normalized spacial score (nSPS) is 11.7. The number of aryl methyl sites for hydroxylation is 3. The first-order valence-electron chi connectivity index (χ1n) is 9.89. The number of nitrogens with one attached hydrogen (secondary N) is 1. The Morgan fingerprint density at radius 3 is 2.37 bits per heavy atom. The fraction of sp³-hybridized carbons (Fsp3) is 0.208. The molecular weight excluding hydrogens is 376 g/mol. The number of fused-ring (bicyclic) bond motifs is 1. The molecule has 0 radical (unpaired) electrons. The zero-order valence-corrected chi connectivity index (χ0v) is 17.6. The summed E-state index contributed by atoms with van der Waals surface area (Å²) in [5.41, 5.74) is 7.71. The van der Waals surface area contributed by atoms with Crippen molar-refractivity contribution in [2.75, 3.05) is 12.5 Å². The highest BCUT2D eigenvalue weighted by Gasteiger charge is 2.08. The van der Waals surface area contributed by atoms with Crippen LogP contribution >= 0.6 is 0 Å². The van der Waals surface area contributed by atoms with E-state index in [1.807, 2.05) is 56.3 Å². The second-order valence-corrected chi connectivity index (χ2v) is 7.11. The van der Waals surface area contributed by atoms with Gasteiger partial charge in [0.1, 0.15) is 17.1 Å². The highest BCUT2D eigenvalue weighted by Crippen LogP contribution is 2.25. The number of hydrogen-bond donors (Lipinski definition) is 1. The summed E-state index contributed by atoms with van der Waals surface area (Å²) in [5.74, 6) is 1.99. The third-order valence-corrected chi connectivity index (χ3v) is 4.85. The molecule has 6 heteroatoms. The van der Waals surface area contributed by atoms with Gasteiger partial charge < -0.3 is 9.15 Å². The SMILES string of the molecule is CCc1ccc2oc(-c3ccc(OC)cc3)c/c(=N/Nc3nc(C)cc(C)n3)c2c1. The number of methoxy groups -OCH3 is 1. The second kappa shape index (κ2) is 8.37. The van der Waals surface area contributed by atoms with Gasteiger partial charge in [0, 0.05) is 28.4 Å². The van der Waals surface area contributed by atoms with Crippen molar-refractivity contribution in [1.29, 1.82) is 0 Å². The number of hydrogen-bond acceptors (Lipinski definition) is 6. The summed E-state index contributed by atoms with van der Waals surface area (Å²) in [4.78, 5) is 8.82. The molecule has 4 aromatic rings. The van der Waals surface area contributed by atoms with Gasteiger partial charge in [0.2, 0.25) is 5.95 Å². The Hall–Kier alpha value is -3.67. The van der Waals surface area contributed by atoms with E-state index in [4.69, 9.17) is 9.15 Å². The topological polar surface area (TPSA) is 72.5 Å². The Balaban J connectivity index is 1.85. The maximum atomic E-state index is 6.19. The molecule has 0 spiro atoms. The summed E-state index contributed by atoms with van der Waals surface area (Å²) in [7, 11) is 1.65. The molecule has 4 rings (SSSR count). The highest BCUT2D eigenvalue weighted by molar-refractivity contribution is 5.79. The number of ether oxygens (including phenoxy) is 1. The van der Waals surface area contributed by atoms with Crippen LogP contribution in [0.5, 0.6) is 5.75 Å². The van der Waals surface area contributed by atoms with Crippen LogP contribution in [-0.2, 0) is 6.42 Å². The quantitative estimate of drug-likeness (QED) is 0.477. The summed E-state index contributed by atoms with van der Waals surface area (Å²) in [6.07, 6.45) is 0.934. The van der Waals surface area contributed by atoms with Gasteiger partial charge in [0.15, 0.2) is 0 Å². The summed E-state index contributed by atoms with van der Waals surface area (Å²) in [5, 5.41) is 6.32. The number of anilines is 1. The van der Waals surface area contributed by atoms with Crippen LogP contribution in [0.1, 0.15) is 23.9 Å². The number of nitrogens with zero attached hydrogens (tertiary/aromatic N) is 3. The molecule has 0 aliphatic carbocycles. The van der Waals surface area contributed by atoms with E-state index in [-0.39, 0.29) is 0 Å². The standard InChI is InChI=1S/C24H24N4O2/c1-5-17-6-11-22-20(13-17)21(27-28-24-25-15(2)12-16(3)26-24)14-23(30-22)18-7-9-19(29-4)10-8-18/h6-14H,5H2,1-4H3,(H,25,26,28)/b27-21-. The third kappa shape index (κ3) is 4.17. The van der Waals surface area contributed by atoms with Crippen LogP contribution in [0.15, 0.2) is 64.1 Å². The molecule has 0 fully saturated rings. The maximum Gasteiger partial charge on any atom is 0.243 e. The number of aromatic nitrogens is 2. The number of rotatable bonds is 5. The predicted octanol–water partition coefficient (Wildman–Crippen LogP) is 5.01.